The van der Waals surface area contributed by atoms with Crippen LogP contribution in [0.3, 0.4) is 0 Å². The Morgan fingerprint density at radius 3 is 2.54 bits per heavy atom. The number of benzene rings is 1. The second-order valence-corrected chi connectivity index (χ2v) is 4.84. The fraction of sp³-hybridized carbons (Fsp3) is 0.357. The van der Waals surface area contributed by atoms with Crippen molar-refractivity contribution < 1.29 is 29.2 Å². The van der Waals surface area contributed by atoms with E-state index >= 15 is 0 Å². The van der Waals surface area contributed by atoms with E-state index in [0.717, 1.165) is 13.2 Å². The third-order valence-electron chi connectivity index (χ3n) is 3.37. The molecule has 0 aliphatic rings. The molecule has 2 N–H and O–H groups in total. The number of anilines is 1. The number of ether oxygens (including phenoxy) is 1. The number of rotatable bonds is 7. The molecule has 10 heteroatoms. The highest BCUT2D eigenvalue weighted by molar-refractivity contribution is 5.97. The van der Waals surface area contributed by atoms with Gasteiger partial charge in [0, 0.05) is 18.7 Å². The molecule has 0 bridgehead atoms. The largest absolute Gasteiger partial charge is 0.480 e. The molecule has 0 saturated heterocycles. The second-order valence-electron chi connectivity index (χ2n) is 4.84. The molecule has 1 aromatic carbocycles. The van der Waals surface area contributed by atoms with Crippen molar-refractivity contribution in [3.63, 3.8) is 0 Å². The number of nitrogens with zero attached hydrogens (tertiary/aromatic N) is 2. The Morgan fingerprint density at radius 2 is 2.04 bits per heavy atom. The van der Waals surface area contributed by atoms with Gasteiger partial charge in [0.2, 0.25) is 0 Å². The molecule has 1 amide bonds. The SMILES string of the molecule is COC(=O)CNC(=O)c1ccc(N(C)C(C)C(=O)O)c([N+](=O)[O-])c1. The summed E-state index contributed by atoms with van der Waals surface area (Å²) in [5.41, 5.74) is -0.401. The first kappa shape index (κ1) is 18.9. The van der Waals surface area contributed by atoms with Crippen LogP contribution in [0, 0.1) is 10.1 Å². The number of carboxylic acids is 1. The average molecular weight is 339 g/mol. The fourth-order valence-electron chi connectivity index (χ4n) is 1.81. The summed E-state index contributed by atoms with van der Waals surface area (Å²) in [4.78, 5) is 45.7. The van der Waals surface area contributed by atoms with Crippen LogP contribution in [-0.4, -0.2) is 54.6 Å². The number of aliphatic carboxylic acids is 1. The van der Waals surface area contributed by atoms with Gasteiger partial charge in [-0.15, -0.1) is 0 Å². The van der Waals surface area contributed by atoms with Gasteiger partial charge in [0.05, 0.1) is 12.0 Å². The summed E-state index contributed by atoms with van der Waals surface area (Å²) in [5.74, 6) is -2.50. The molecule has 1 rings (SSSR count). The molecule has 0 spiro atoms. The number of esters is 1. The molecular weight excluding hydrogens is 322 g/mol. The molecule has 24 heavy (non-hydrogen) atoms. The van der Waals surface area contributed by atoms with E-state index in [4.69, 9.17) is 5.11 Å². The summed E-state index contributed by atoms with van der Waals surface area (Å²) < 4.78 is 4.37. The van der Waals surface area contributed by atoms with Crippen molar-refractivity contribution in [1.29, 1.82) is 0 Å². The van der Waals surface area contributed by atoms with Gasteiger partial charge in [0.1, 0.15) is 18.3 Å². The zero-order chi connectivity index (χ0) is 18.4. The predicted molar refractivity (Wildman–Crippen MR) is 82.9 cm³/mol. The number of carboxylic acid groups (broad SMARTS) is 1. The molecular formula is C14H17N3O7. The Labute approximate surface area is 137 Å². The van der Waals surface area contributed by atoms with Gasteiger partial charge in [-0.2, -0.15) is 0 Å². The van der Waals surface area contributed by atoms with Crippen LogP contribution in [0.2, 0.25) is 0 Å². The highest BCUT2D eigenvalue weighted by Gasteiger charge is 2.25. The number of nitro groups is 1. The number of hydrogen-bond acceptors (Lipinski definition) is 7. The zero-order valence-electron chi connectivity index (χ0n) is 13.3. The lowest BCUT2D eigenvalue weighted by atomic mass is 10.1. The highest BCUT2D eigenvalue weighted by Crippen LogP contribution is 2.29. The lowest BCUT2D eigenvalue weighted by Crippen LogP contribution is -2.36. The van der Waals surface area contributed by atoms with Crippen LogP contribution in [-0.2, 0) is 14.3 Å². The maximum Gasteiger partial charge on any atom is 0.326 e. The van der Waals surface area contributed by atoms with Crippen LogP contribution in [0.4, 0.5) is 11.4 Å². The van der Waals surface area contributed by atoms with Crippen LogP contribution >= 0.6 is 0 Å². The summed E-state index contributed by atoms with van der Waals surface area (Å²) in [7, 11) is 2.56. The number of nitro benzene ring substituents is 1. The summed E-state index contributed by atoms with van der Waals surface area (Å²) in [6.45, 7) is 1.00. The summed E-state index contributed by atoms with van der Waals surface area (Å²) in [6, 6.07) is 2.61. The van der Waals surface area contributed by atoms with Gasteiger partial charge in [-0.05, 0) is 19.1 Å². The van der Waals surface area contributed by atoms with Crippen molar-refractivity contribution in [1.82, 2.24) is 5.32 Å². The van der Waals surface area contributed by atoms with Crippen LogP contribution in [0.1, 0.15) is 17.3 Å². The summed E-state index contributed by atoms with van der Waals surface area (Å²) in [6.07, 6.45) is 0. The molecule has 1 aromatic rings. The number of methoxy groups -OCH3 is 1. The van der Waals surface area contributed by atoms with Gasteiger partial charge in [0.25, 0.3) is 11.6 Å². The van der Waals surface area contributed by atoms with Crippen LogP contribution in [0.15, 0.2) is 18.2 Å². The molecule has 1 unspecified atom stereocenters. The number of amides is 1. The number of hydrogen-bond donors (Lipinski definition) is 2. The lowest BCUT2D eigenvalue weighted by molar-refractivity contribution is -0.384. The molecule has 10 nitrogen and oxygen atoms in total. The minimum Gasteiger partial charge on any atom is -0.480 e. The van der Waals surface area contributed by atoms with Crippen molar-refractivity contribution in [2.75, 3.05) is 25.6 Å². The van der Waals surface area contributed by atoms with E-state index in [1.165, 1.54) is 31.0 Å². The van der Waals surface area contributed by atoms with Crippen molar-refractivity contribution in [3.05, 3.63) is 33.9 Å². The molecule has 0 aromatic heterocycles. The van der Waals surface area contributed by atoms with Gasteiger partial charge < -0.3 is 20.1 Å². The van der Waals surface area contributed by atoms with Crippen molar-refractivity contribution in [2.45, 2.75) is 13.0 Å². The van der Waals surface area contributed by atoms with E-state index in [0.29, 0.717) is 0 Å². The maximum absolute atomic E-state index is 11.9. The topological polar surface area (TPSA) is 139 Å². The van der Waals surface area contributed by atoms with E-state index in [1.807, 2.05) is 0 Å². The van der Waals surface area contributed by atoms with Crippen molar-refractivity contribution >= 4 is 29.2 Å². The van der Waals surface area contributed by atoms with E-state index in [9.17, 15) is 24.5 Å². The first-order valence-corrected chi connectivity index (χ1v) is 6.78. The van der Waals surface area contributed by atoms with Gasteiger partial charge in [0.15, 0.2) is 0 Å². The normalized spacial score (nSPS) is 11.3. The minimum absolute atomic E-state index is 0.0364. The first-order chi connectivity index (χ1) is 11.2. The molecule has 0 fully saturated rings. The van der Waals surface area contributed by atoms with Crippen molar-refractivity contribution in [3.8, 4) is 0 Å². The molecule has 0 aliphatic heterocycles. The molecule has 0 heterocycles. The smallest absolute Gasteiger partial charge is 0.326 e. The van der Waals surface area contributed by atoms with Gasteiger partial charge in [-0.3, -0.25) is 19.7 Å². The number of nitrogens with one attached hydrogen (secondary N) is 1. The second kappa shape index (κ2) is 7.90. The third kappa shape index (κ3) is 4.41. The summed E-state index contributed by atoms with van der Waals surface area (Å²) in [5, 5.41) is 22.5. The first-order valence-electron chi connectivity index (χ1n) is 6.78. The van der Waals surface area contributed by atoms with Crippen LogP contribution < -0.4 is 10.2 Å². The number of carbonyl (C=O) groups is 3. The molecule has 1 atom stereocenters. The summed E-state index contributed by atoms with van der Waals surface area (Å²) >= 11 is 0. The lowest BCUT2D eigenvalue weighted by Gasteiger charge is -2.23. The Morgan fingerprint density at radius 1 is 1.42 bits per heavy atom. The standard InChI is InChI=1S/C14H17N3O7/c1-8(14(20)21)16(2)10-5-4-9(6-11(10)17(22)23)13(19)15-7-12(18)24-3/h4-6,8H,7H2,1-3H3,(H,15,19)(H,20,21). The fourth-order valence-corrected chi connectivity index (χ4v) is 1.81. The minimum atomic E-state index is -1.15. The Kier molecular flexibility index (Phi) is 6.22. The Bertz CT molecular complexity index is 674. The Hall–Kier alpha value is -3.17. The maximum atomic E-state index is 11.9. The molecule has 0 radical (unpaired) electrons. The molecule has 130 valence electrons. The van der Waals surface area contributed by atoms with Crippen molar-refractivity contribution in [2.24, 2.45) is 0 Å². The van der Waals surface area contributed by atoms with Gasteiger partial charge >= 0.3 is 11.9 Å². The number of carbonyl (C=O) groups excluding carboxylic acids is 2. The van der Waals surface area contributed by atoms with E-state index in [2.05, 4.69) is 10.1 Å². The quantitative estimate of drug-likeness (QED) is 0.413. The van der Waals surface area contributed by atoms with E-state index in [-0.39, 0.29) is 17.8 Å². The zero-order valence-corrected chi connectivity index (χ0v) is 13.3. The predicted octanol–water partition coefficient (Wildman–Crippen LogP) is 0.407. The molecule has 0 aliphatic carbocycles. The van der Waals surface area contributed by atoms with Gasteiger partial charge in [-0.25, -0.2) is 4.79 Å². The number of likely N-dealkylation sites (N-methyl/N-ethyl adjacent to an activating group) is 1. The van der Waals surface area contributed by atoms with Crippen LogP contribution in [0.25, 0.3) is 0 Å². The highest BCUT2D eigenvalue weighted by atomic mass is 16.6. The average Bonchev–Trinajstić information content (AvgIpc) is 2.57. The molecule has 0 saturated carbocycles. The Balaban J connectivity index is 3.11. The van der Waals surface area contributed by atoms with Gasteiger partial charge in [-0.1, -0.05) is 0 Å². The van der Waals surface area contributed by atoms with E-state index in [1.54, 1.807) is 0 Å². The van der Waals surface area contributed by atoms with Crippen LogP contribution in [0.5, 0.6) is 0 Å². The third-order valence-corrected chi connectivity index (χ3v) is 3.37. The monoisotopic (exact) mass is 339 g/mol. The van der Waals surface area contributed by atoms with E-state index < -0.39 is 34.5 Å².